The molecule has 0 saturated heterocycles. The number of carbonyl (C=O) groups is 2. The van der Waals surface area contributed by atoms with E-state index in [0.717, 1.165) is 12.8 Å². The molecule has 0 aliphatic heterocycles. The van der Waals surface area contributed by atoms with E-state index in [1.165, 1.54) is 6.42 Å². The Balaban J connectivity index is 2.09. The molecule has 1 saturated carbocycles. The molecule has 0 bridgehead atoms. The lowest BCUT2D eigenvalue weighted by Crippen LogP contribution is -2.37. The maximum Gasteiger partial charge on any atom is 0.320 e. The molecular formula is C19H26O3. The summed E-state index contributed by atoms with van der Waals surface area (Å²) in [5.74, 6) is 0.219. The van der Waals surface area contributed by atoms with E-state index in [1.807, 2.05) is 18.2 Å². The predicted molar refractivity (Wildman–Crippen MR) is 86.5 cm³/mol. The molecule has 4 atom stereocenters. The summed E-state index contributed by atoms with van der Waals surface area (Å²) in [6.45, 7) is 6.55. The molecule has 0 unspecified atom stereocenters. The average molecular weight is 302 g/mol. The topological polar surface area (TPSA) is 43.4 Å². The number of aldehydes is 1. The zero-order valence-corrected chi connectivity index (χ0v) is 13.7. The first-order valence-corrected chi connectivity index (χ1v) is 8.23. The van der Waals surface area contributed by atoms with Crippen LogP contribution in [0, 0.1) is 17.8 Å². The predicted octanol–water partition coefficient (Wildman–Crippen LogP) is 3.97. The minimum absolute atomic E-state index is 0.0672. The summed E-state index contributed by atoms with van der Waals surface area (Å²) < 4.78 is 5.77. The third-order valence-electron chi connectivity index (χ3n) is 4.78. The Kier molecular flexibility index (Phi) is 5.76. The Bertz CT molecular complexity index is 495. The highest BCUT2D eigenvalue weighted by Crippen LogP contribution is 2.36. The van der Waals surface area contributed by atoms with Gasteiger partial charge in [-0.25, -0.2) is 0 Å². The Morgan fingerprint density at radius 3 is 2.50 bits per heavy atom. The van der Waals surface area contributed by atoms with E-state index in [2.05, 4.69) is 20.8 Å². The van der Waals surface area contributed by atoms with E-state index in [4.69, 9.17) is 4.74 Å². The first kappa shape index (κ1) is 16.7. The summed E-state index contributed by atoms with van der Waals surface area (Å²) in [7, 11) is 0. The van der Waals surface area contributed by atoms with Crippen LogP contribution in [0.15, 0.2) is 30.3 Å². The number of ether oxygens (including phenoxy) is 1. The van der Waals surface area contributed by atoms with Gasteiger partial charge in [-0.3, -0.25) is 4.79 Å². The van der Waals surface area contributed by atoms with Gasteiger partial charge in [0, 0.05) is 0 Å². The molecule has 22 heavy (non-hydrogen) atoms. The highest BCUT2D eigenvalue weighted by atomic mass is 16.5. The molecule has 1 aromatic rings. The van der Waals surface area contributed by atoms with Crippen molar-refractivity contribution < 1.29 is 14.3 Å². The fourth-order valence-corrected chi connectivity index (χ4v) is 3.40. The molecule has 0 aromatic heterocycles. The van der Waals surface area contributed by atoms with E-state index in [-0.39, 0.29) is 6.10 Å². The number of hydrogen-bond donors (Lipinski definition) is 0. The lowest BCUT2D eigenvalue weighted by Gasteiger charge is -2.37. The van der Waals surface area contributed by atoms with Gasteiger partial charge in [0.15, 0.2) is 0 Å². The first-order valence-electron chi connectivity index (χ1n) is 8.23. The maximum atomic E-state index is 12.5. The van der Waals surface area contributed by atoms with Crippen molar-refractivity contribution in [2.45, 2.75) is 52.1 Å². The molecule has 0 amide bonds. The van der Waals surface area contributed by atoms with Gasteiger partial charge in [0.25, 0.3) is 0 Å². The highest BCUT2D eigenvalue weighted by Gasteiger charge is 2.35. The van der Waals surface area contributed by atoms with Crippen molar-refractivity contribution in [1.29, 1.82) is 0 Å². The standard InChI is InChI=1S/C19H26O3/c1-13(2)16-10-9-14(3)11-18(16)22-19(21)17(12-20)15-7-5-4-6-8-15/h4-8,12-14,16-18H,9-11H2,1-3H3/t14-,16-,17-,18-/m1/s1. The summed E-state index contributed by atoms with van der Waals surface area (Å²) in [5, 5.41) is 0. The number of esters is 1. The summed E-state index contributed by atoms with van der Waals surface area (Å²) in [6, 6.07) is 9.12. The minimum atomic E-state index is -0.814. The summed E-state index contributed by atoms with van der Waals surface area (Å²) >= 11 is 0. The maximum absolute atomic E-state index is 12.5. The van der Waals surface area contributed by atoms with Crippen LogP contribution in [0.3, 0.4) is 0 Å². The van der Waals surface area contributed by atoms with Crippen LogP contribution in [0.25, 0.3) is 0 Å². The number of carbonyl (C=O) groups excluding carboxylic acids is 2. The molecule has 120 valence electrons. The second kappa shape index (κ2) is 7.57. The van der Waals surface area contributed by atoms with Gasteiger partial charge in [-0.1, -0.05) is 57.5 Å². The molecule has 3 heteroatoms. The fourth-order valence-electron chi connectivity index (χ4n) is 3.40. The smallest absolute Gasteiger partial charge is 0.320 e. The Morgan fingerprint density at radius 1 is 1.23 bits per heavy atom. The fraction of sp³-hybridized carbons (Fsp3) is 0.579. The second-order valence-electron chi connectivity index (χ2n) is 6.83. The highest BCUT2D eigenvalue weighted by molar-refractivity contribution is 5.94. The summed E-state index contributed by atoms with van der Waals surface area (Å²) in [4.78, 5) is 23.8. The second-order valence-corrected chi connectivity index (χ2v) is 6.83. The number of benzene rings is 1. The zero-order chi connectivity index (χ0) is 16.1. The van der Waals surface area contributed by atoms with E-state index in [0.29, 0.717) is 29.6 Å². The Hall–Kier alpha value is -1.64. The third-order valence-corrected chi connectivity index (χ3v) is 4.78. The molecule has 1 fully saturated rings. The van der Waals surface area contributed by atoms with E-state index >= 15 is 0 Å². The van der Waals surface area contributed by atoms with Gasteiger partial charge in [0.2, 0.25) is 0 Å². The van der Waals surface area contributed by atoms with Gasteiger partial charge in [-0.15, -0.1) is 0 Å². The van der Waals surface area contributed by atoms with E-state index < -0.39 is 11.9 Å². The molecule has 2 rings (SSSR count). The van der Waals surface area contributed by atoms with E-state index in [9.17, 15) is 9.59 Å². The molecule has 0 spiro atoms. The van der Waals surface area contributed by atoms with Crippen molar-refractivity contribution in [2.75, 3.05) is 0 Å². The Morgan fingerprint density at radius 2 is 1.91 bits per heavy atom. The monoisotopic (exact) mass is 302 g/mol. The average Bonchev–Trinajstić information content (AvgIpc) is 2.48. The molecular weight excluding hydrogens is 276 g/mol. The third kappa shape index (κ3) is 3.96. The number of hydrogen-bond acceptors (Lipinski definition) is 3. The Labute approximate surface area is 133 Å². The zero-order valence-electron chi connectivity index (χ0n) is 13.7. The minimum Gasteiger partial charge on any atom is -0.461 e. The van der Waals surface area contributed by atoms with E-state index in [1.54, 1.807) is 12.1 Å². The van der Waals surface area contributed by atoms with Gasteiger partial charge in [0.1, 0.15) is 18.3 Å². The first-order chi connectivity index (χ1) is 10.5. The van der Waals surface area contributed by atoms with Crippen molar-refractivity contribution in [3.8, 4) is 0 Å². The summed E-state index contributed by atoms with van der Waals surface area (Å²) in [6.07, 6.45) is 3.80. The van der Waals surface area contributed by atoms with Crippen LogP contribution in [0.1, 0.15) is 51.5 Å². The molecule has 1 aliphatic rings. The van der Waals surface area contributed by atoms with Crippen molar-refractivity contribution >= 4 is 12.3 Å². The van der Waals surface area contributed by atoms with Gasteiger partial charge >= 0.3 is 5.97 Å². The summed E-state index contributed by atoms with van der Waals surface area (Å²) in [5.41, 5.74) is 0.701. The largest absolute Gasteiger partial charge is 0.461 e. The molecule has 0 N–H and O–H groups in total. The van der Waals surface area contributed by atoms with Crippen LogP contribution in [0.5, 0.6) is 0 Å². The van der Waals surface area contributed by atoms with Crippen molar-refractivity contribution in [1.82, 2.24) is 0 Å². The van der Waals surface area contributed by atoms with Gasteiger partial charge in [-0.2, -0.15) is 0 Å². The molecule has 1 aromatic carbocycles. The van der Waals surface area contributed by atoms with Gasteiger partial charge in [-0.05, 0) is 36.2 Å². The van der Waals surface area contributed by atoms with Crippen LogP contribution in [0.2, 0.25) is 0 Å². The van der Waals surface area contributed by atoms with Gasteiger partial charge < -0.3 is 9.53 Å². The SMILES string of the molecule is CC(C)[C@H]1CC[C@@H](C)C[C@H]1OC(=O)[C@H](C=O)c1ccccc1. The van der Waals surface area contributed by atoms with Crippen LogP contribution in [0.4, 0.5) is 0 Å². The van der Waals surface area contributed by atoms with Crippen LogP contribution in [-0.4, -0.2) is 18.4 Å². The van der Waals surface area contributed by atoms with Crippen LogP contribution >= 0.6 is 0 Å². The quantitative estimate of drug-likeness (QED) is 0.469. The van der Waals surface area contributed by atoms with Crippen molar-refractivity contribution in [2.24, 2.45) is 17.8 Å². The molecule has 0 heterocycles. The molecule has 0 radical (unpaired) electrons. The lowest BCUT2D eigenvalue weighted by molar-refractivity contribution is -0.158. The number of rotatable bonds is 5. The van der Waals surface area contributed by atoms with Gasteiger partial charge in [0.05, 0.1) is 0 Å². The van der Waals surface area contributed by atoms with Crippen molar-refractivity contribution in [3.05, 3.63) is 35.9 Å². The lowest BCUT2D eigenvalue weighted by atomic mass is 9.75. The molecule has 3 nitrogen and oxygen atoms in total. The van der Waals surface area contributed by atoms with Crippen molar-refractivity contribution in [3.63, 3.8) is 0 Å². The van der Waals surface area contributed by atoms with Crippen LogP contribution in [-0.2, 0) is 14.3 Å². The normalized spacial score (nSPS) is 26.5. The van der Waals surface area contributed by atoms with Crippen LogP contribution < -0.4 is 0 Å². The molecule has 1 aliphatic carbocycles.